The lowest BCUT2D eigenvalue weighted by Gasteiger charge is -2.36. The molecule has 11 heteroatoms. The monoisotopic (exact) mass is 525 g/mol. The third-order valence-corrected chi connectivity index (χ3v) is 6.60. The molecule has 2 heterocycles. The normalized spacial score (nSPS) is 18.8. The van der Waals surface area contributed by atoms with Crippen LogP contribution in [0.25, 0.3) is 11.3 Å². The van der Waals surface area contributed by atoms with Crippen LogP contribution in [0.3, 0.4) is 0 Å². The summed E-state index contributed by atoms with van der Waals surface area (Å²) < 4.78 is 47.9. The van der Waals surface area contributed by atoms with Gasteiger partial charge in [-0.05, 0) is 36.1 Å². The lowest BCUT2D eigenvalue weighted by molar-refractivity contribution is -0.384. The van der Waals surface area contributed by atoms with Gasteiger partial charge in [-0.2, -0.15) is 13.2 Å². The fraction of sp³-hybridized carbons (Fsp3) is 0.259. The molecule has 0 fully saturated rings. The molecule has 8 nitrogen and oxygen atoms in total. The Morgan fingerprint density at radius 3 is 2.55 bits per heavy atom. The molecule has 1 aliphatic carbocycles. The van der Waals surface area contributed by atoms with E-state index in [1.165, 1.54) is 42.5 Å². The lowest BCUT2D eigenvalue weighted by Crippen LogP contribution is -2.45. The summed E-state index contributed by atoms with van der Waals surface area (Å²) in [5.41, 5.74) is 0.257. The smallest absolute Gasteiger partial charge is 0.458 e. The van der Waals surface area contributed by atoms with E-state index in [4.69, 9.17) is 4.42 Å². The van der Waals surface area contributed by atoms with Crippen molar-refractivity contribution in [3.05, 3.63) is 87.8 Å². The van der Waals surface area contributed by atoms with E-state index in [1.807, 2.05) is 13.8 Å². The Morgan fingerprint density at radius 1 is 1.11 bits per heavy atom. The van der Waals surface area contributed by atoms with E-state index in [0.717, 1.165) is 0 Å². The molecule has 196 valence electrons. The Bertz CT molecular complexity index is 1510. The van der Waals surface area contributed by atoms with Crippen LogP contribution in [0, 0.1) is 15.5 Å². The van der Waals surface area contributed by atoms with Crippen molar-refractivity contribution in [1.82, 2.24) is 0 Å². The number of hydrogen-bond donors (Lipinski definition) is 1. The Hall–Kier alpha value is -4.41. The van der Waals surface area contributed by atoms with Crippen molar-refractivity contribution in [3.8, 4) is 11.3 Å². The molecule has 0 spiro atoms. The van der Waals surface area contributed by atoms with Gasteiger partial charge < -0.3 is 9.73 Å². The van der Waals surface area contributed by atoms with Gasteiger partial charge in [0.2, 0.25) is 0 Å². The van der Waals surface area contributed by atoms with Crippen molar-refractivity contribution in [2.24, 2.45) is 5.41 Å². The zero-order chi connectivity index (χ0) is 27.4. The number of para-hydroxylation sites is 2. The predicted molar refractivity (Wildman–Crippen MR) is 132 cm³/mol. The summed E-state index contributed by atoms with van der Waals surface area (Å²) in [5, 5.41) is 14.3. The van der Waals surface area contributed by atoms with Crippen LogP contribution in [0.15, 0.2) is 76.4 Å². The summed E-state index contributed by atoms with van der Waals surface area (Å²) >= 11 is 0. The number of carbonyl (C=O) groups excluding carboxylic acids is 2. The number of Topliss-reactive ketones (excluding diaryl/α,β-unsaturated/α-hetero) is 1. The lowest BCUT2D eigenvalue weighted by atomic mass is 9.74. The predicted octanol–water partition coefficient (Wildman–Crippen LogP) is 6.56. The number of fused-ring (bicyclic) bond motifs is 1. The number of nitro benzene ring substituents is 1. The van der Waals surface area contributed by atoms with Crippen LogP contribution in [-0.2, 0) is 9.59 Å². The molecule has 0 saturated heterocycles. The molecule has 3 aromatic rings. The number of nitro groups is 1. The van der Waals surface area contributed by atoms with Crippen LogP contribution in [0.4, 0.5) is 30.2 Å². The maximum absolute atomic E-state index is 14.0. The van der Waals surface area contributed by atoms with E-state index in [9.17, 15) is 32.9 Å². The summed E-state index contributed by atoms with van der Waals surface area (Å²) in [7, 11) is 0. The van der Waals surface area contributed by atoms with Crippen molar-refractivity contribution < 1.29 is 32.1 Å². The number of furan rings is 1. The fourth-order valence-corrected chi connectivity index (χ4v) is 5.04. The second-order valence-electron chi connectivity index (χ2n) is 10.1. The molecule has 1 amide bonds. The van der Waals surface area contributed by atoms with E-state index >= 15 is 0 Å². The molecule has 2 aliphatic rings. The highest BCUT2D eigenvalue weighted by molar-refractivity contribution is 6.07. The SMILES string of the molecule is CC1(C)CC(=O)C2=C(C1)Nc1ccccc1N(C(=O)C(F)(F)F)C2c1ccc(-c2cccc([N+](=O)[O-])c2)o1. The molecule has 1 atom stereocenters. The standard InChI is InChI=1S/C27H22F3N3O5/c1-26(2)13-18-23(20(34)14-26)24(22-11-10-21(38-22)15-6-5-7-16(12-15)33(36)37)32(25(35)27(28,29)30)19-9-4-3-8-17(19)31-18/h3-12,24,31H,13-14H2,1-2H3. The quantitative estimate of drug-likeness (QED) is 0.307. The highest BCUT2D eigenvalue weighted by Crippen LogP contribution is 2.49. The molecule has 0 saturated carbocycles. The number of nitrogens with zero attached hydrogens (tertiary/aromatic N) is 2. The molecule has 0 bridgehead atoms. The van der Waals surface area contributed by atoms with Crippen LogP contribution in [0.1, 0.15) is 38.5 Å². The number of anilines is 2. The molecule has 0 radical (unpaired) electrons. The zero-order valence-electron chi connectivity index (χ0n) is 20.3. The number of benzene rings is 2. The van der Waals surface area contributed by atoms with E-state index in [-0.39, 0.29) is 40.6 Å². The number of alkyl halides is 3. The van der Waals surface area contributed by atoms with Gasteiger partial charge in [0.05, 0.1) is 16.3 Å². The maximum atomic E-state index is 14.0. The molecule has 2 aromatic carbocycles. The molecular formula is C27H22F3N3O5. The van der Waals surface area contributed by atoms with Gasteiger partial charge >= 0.3 is 12.1 Å². The number of nitrogens with one attached hydrogen (secondary N) is 1. The summed E-state index contributed by atoms with van der Waals surface area (Å²) in [6, 6.07) is 12.9. The van der Waals surface area contributed by atoms with Crippen molar-refractivity contribution in [2.75, 3.05) is 10.2 Å². The third kappa shape index (κ3) is 4.44. The van der Waals surface area contributed by atoms with Gasteiger partial charge in [-0.1, -0.05) is 38.1 Å². The van der Waals surface area contributed by atoms with E-state index < -0.39 is 34.2 Å². The van der Waals surface area contributed by atoms with Crippen molar-refractivity contribution >= 4 is 28.8 Å². The Kier molecular flexibility index (Phi) is 5.89. The summed E-state index contributed by atoms with van der Waals surface area (Å²) in [6.45, 7) is 3.77. The van der Waals surface area contributed by atoms with Gasteiger partial charge in [0.15, 0.2) is 5.78 Å². The average Bonchev–Trinajstić information content (AvgIpc) is 3.27. The fourth-order valence-electron chi connectivity index (χ4n) is 5.04. The first-order valence-corrected chi connectivity index (χ1v) is 11.7. The van der Waals surface area contributed by atoms with Crippen LogP contribution < -0.4 is 10.2 Å². The van der Waals surface area contributed by atoms with Gasteiger partial charge in [0, 0.05) is 35.4 Å². The first-order valence-electron chi connectivity index (χ1n) is 11.7. The highest BCUT2D eigenvalue weighted by Gasteiger charge is 2.51. The van der Waals surface area contributed by atoms with Crippen LogP contribution in [-0.4, -0.2) is 22.8 Å². The Morgan fingerprint density at radius 2 is 1.84 bits per heavy atom. The van der Waals surface area contributed by atoms with Gasteiger partial charge in [-0.25, -0.2) is 0 Å². The summed E-state index contributed by atoms with van der Waals surface area (Å²) in [4.78, 5) is 37.7. The van der Waals surface area contributed by atoms with Crippen LogP contribution in [0.5, 0.6) is 0 Å². The molecular weight excluding hydrogens is 503 g/mol. The highest BCUT2D eigenvalue weighted by atomic mass is 19.4. The topological polar surface area (TPSA) is 106 Å². The Balaban J connectivity index is 1.74. The molecule has 1 unspecified atom stereocenters. The number of allylic oxidation sites excluding steroid dienone is 1. The summed E-state index contributed by atoms with van der Waals surface area (Å²) in [5.74, 6) is -2.51. The van der Waals surface area contributed by atoms with E-state index in [1.54, 1.807) is 18.2 Å². The number of hydrogen-bond acceptors (Lipinski definition) is 6. The minimum absolute atomic E-state index is 0.0121. The number of ketones is 1. The van der Waals surface area contributed by atoms with Crippen LogP contribution in [0.2, 0.25) is 0 Å². The molecule has 38 heavy (non-hydrogen) atoms. The third-order valence-electron chi connectivity index (χ3n) is 6.60. The summed E-state index contributed by atoms with van der Waals surface area (Å²) in [6.07, 6.45) is -4.83. The number of non-ortho nitro benzene ring substituents is 1. The van der Waals surface area contributed by atoms with Gasteiger partial charge in [-0.15, -0.1) is 0 Å². The largest absolute Gasteiger partial charge is 0.471 e. The number of carbonyl (C=O) groups is 2. The van der Waals surface area contributed by atoms with Crippen molar-refractivity contribution in [3.63, 3.8) is 0 Å². The van der Waals surface area contributed by atoms with Crippen molar-refractivity contribution in [1.29, 1.82) is 0 Å². The average molecular weight is 525 g/mol. The minimum atomic E-state index is -5.25. The Labute approximate surface area is 214 Å². The second kappa shape index (κ2) is 8.86. The minimum Gasteiger partial charge on any atom is -0.458 e. The second-order valence-corrected chi connectivity index (χ2v) is 10.1. The van der Waals surface area contributed by atoms with E-state index in [0.29, 0.717) is 22.6 Å². The van der Waals surface area contributed by atoms with E-state index in [2.05, 4.69) is 5.32 Å². The molecule has 1 N–H and O–H groups in total. The number of amides is 1. The van der Waals surface area contributed by atoms with Crippen molar-refractivity contribution in [2.45, 2.75) is 38.9 Å². The van der Waals surface area contributed by atoms with Gasteiger partial charge in [0.25, 0.3) is 5.69 Å². The number of halogens is 3. The first kappa shape index (κ1) is 25.2. The maximum Gasteiger partial charge on any atom is 0.471 e. The van der Waals surface area contributed by atoms with Gasteiger partial charge in [-0.3, -0.25) is 24.6 Å². The molecule has 5 rings (SSSR count). The molecule has 1 aliphatic heterocycles. The number of rotatable bonds is 3. The van der Waals surface area contributed by atoms with Gasteiger partial charge in [0.1, 0.15) is 17.6 Å². The zero-order valence-corrected chi connectivity index (χ0v) is 20.3. The van der Waals surface area contributed by atoms with Crippen LogP contribution >= 0.6 is 0 Å². The molecule has 1 aromatic heterocycles. The first-order chi connectivity index (χ1) is 17.9.